The maximum Gasteiger partial charge on any atom is 0.240 e. The lowest BCUT2D eigenvalue weighted by Crippen LogP contribution is -2.52. The zero-order valence-corrected chi connectivity index (χ0v) is 19.3. The van der Waals surface area contributed by atoms with Gasteiger partial charge in [-0.2, -0.15) is 0 Å². The van der Waals surface area contributed by atoms with Crippen LogP contribution in [0.3, 0.4) is 0 Å². The standard InChI is InChI=1S/C24H36ClN3O2/c1-17(2)23(29)28(20-7-5-4-6-8-20)21-13-14-27(16-21)24(30)22(26-3)15-18-9-11-19(25)12-10-18/h9-12,17,20-22,26H,4-8,13-16H2,1-3H3. The molecule has 0 bridgehead atoms. The van der Waals surface area contributed by atoms with E-state index in [4.69, 9.17) is 11.6 Å². The van der Waals surface area contributed by atoms with Crippen LogP contribution in [0.25, 0.3) is 0 Å². The summed E-state index contributed by atoms with van der Waals surface area (Å²) in [6.07, 6.45) is 7.36. The molecule has 3 rings (SSSR count). The number of likely N-dealkylation sites (tertiary alicyclic amines) is 1. The van der Waals surface area contributed by atoms with E-state index < -0.39 is 0 Å². The van der Waals surface area contributed by atoms with E-state index in [0.29, 0.717) is 24.0 Å². The summed E-state index contributed by atoms with van der Waals surface area (Å²) in [6, 6.07) is 7.87. The summed E-state index contributed by atoms with van der Waals surface area (Å²) in [5.41, 5.74) is 1.08. The first-order chi connectivity index (χ1) is 14.4. The Bertz CT molecular complexity index is 716. The molecule has 1 heterocycles. The second-order valence-corrected chi connectivity index (χ2v) is 9.53. The van der Waals surface area contributed by atoms with Crippen molar-refractivity contribution in [1.82, 2.24) is 15.1 Å². The fraction of sp³-hybridized carbons (Fsp3) is 0.667. The van der Waals surface area contributed by atoms with Crippen molar-refractivity contribution < 1.29 is 9.59 Å². The Balaban J connectivity index is 1.66. The zero-order chi connectivity index (χ0) is 21.7. The second kappa shape index (κ2) is 10.6. The Morgan fingerprint density at radius 1 is 1.10 bits per heavy atom. The smallest absolute Gasteiger partial charge is 0.240 e. The van der Waals surface area contributed by atoms with Crippen molar-refractivity contribution in [2.45, 2.75) is 76.9 Å². The lowest BCUT2D eigenvalue weighted by Gasteiger charge is -2.39. The van der Waals surface area contributed by atoms with E-state index in [9.17, 15) is 9.59 Å². The molecular weight excluding hydrogens is 398 g/mol. The summed E-state index contributed by atoms with van der Waals surface area (Å²) in [7, 11) is 1.84. The Hall–Kier alpha value is -1.59. The Morgan fingerprint density at radius 2 is 1.77 bits per heavy atom. The highest BCUT2D eigenvalue weighted by Gasteiger charge is 2.38. The minimum atomic E-state index is -0.270. The quantitative estimate of drug-likeness (QED) is 0.709. The molecule has 0 spiro atoms. The first-order valence-corrected chi connectivity index (χ1v) is 11.8. The van der Waals surface area contributed by atoms with Gasteiger partial charge in [0.05, 0.1) is 12.1 Å². The van der Waals surface area contributed by atoms with Gasteiger partial charge < -0.3 is 15.1 Å². The van der Waals surface area contributed by atoms with Crippen LogP contribution in [0, 0.1) is 5.92 Å². The molecule has 1 aromatic carbocycles. The third kappa shape index (κ3) is 5.55. The monoisotopic (exact) mass is 433 g/mol. The number of rotatable bonds is 7. The fourth-order valence-electron chi connectivity index (χ4n) is 4.87. The molecule has 0 aromatic heterocycles. The molecule has 0 radical (unpaired) electrons. The number of halogens is 1. The van der Waals surface area contributed by atoms with Crippen LogP contribution >= 0.6 is 11.6 Å². The number of likely N-dealkylation sites (N-methyl/N-ethyl adjacent to an activating group) is 1. The molecule has 1 aromatic rings. The minimum Gasteiger partial charge on any atom is -0.339 e. The number of benzene rings is 1. The molecule has 1 saturated carbocycles. The van der Waals surface area contributed by atoms with Crippen molar-refractivity contribution in [3.05, 3.63) is 34.9 Å². The maximum absolute atomic E-state index is 13.2. The Kier molecular flexibility index (Phi) is 8.18. The maximum atomic E-state index is 13.2. The van der Waals surface area contributed by atoms with Crippen molar-refractivity contribution in [3.8, 4) is 0 Å². The van der Waals surface area contributed by atoms with Gasteiger partial charge in [-0.05, 0) is 50.4 Å². The van der Waals surface area contributed by atoms with E-state index in [-0.39, 0.29) is 29.8 Å². The Morgan fingerprint density at radius 3 is 2.37 bits per heavy atom. The zero-order valence-electron chi connectivity index (χ0n) is 18.6. The predicted molar refractivity (Wildman–Crippen MR) is 122 cm³/mol. The summed E-state index contributed by atoms with van der Waals surface area (Å²) in [5, 5.41) is 3.89. The second-order valence-electron chi connectivity index (χ2n) is 9.09. The number of nitrogens with zero attached hydrogens (tertiary/aromatic N) is 2. The number of nitrogens with one attached hydrogen (secondary N) is 1. The third-order valence-electron chi connectivity index (χ3n) is 6.58. The Labute approximate surface area is 186 Å². The molecule has 1 N–H and O–H groups in total. The van der Waals surface area contributed by atoms with Gasteiger partial charge in [-0.1, -0.05) is 56.8 Å². The highest BCUT2D eigenvalue weighted by molar-refractivity contribution is 6.30. The minimum absolute atomic E-state index is 0.00774. The van der Waals surface area contributed by atoms with Gasteiger partial charge in [-0.3, -0.25) is 9.59 Å². The largest absolute Gasteiger partial charge is 0.339 e. The summed E-state index contributed by atoms with van der Waals surface area (Å²) >= 11 is 5.98. The number of hydrogen-bond acceptors (Lipinski definition) is 3. The molecule has 166 valence electrons. The first kappa shape index (κ1) is 23.1. The van der Waals surface area contributed by atoms with Crippen molar-refractivity contribution >= 4 is 23.4 Å². The van der Waals surface area contributed by atoms with Crippen LogP contribution in [0.5, 0.6) is 0 Å². The molecule has 2 amide bonds. The molecule has 1 aliphatic carbocycles. The van der Waals surface area contributed by atoms with Gasteiger partial charge in [-0.15, -0.1) is 0 Å². The van der Waals surface area contributed by atoms with Gasteiger partial charge in [-0.25, -0.2) is 0 Å². The lowest BCUT2D eigenvalue weighted by molar-refractivity contribution is -0.141. The number of hydrogen-bond donors (Lipinski definition) is 1. The van der Waals surface area contributed by atoms with Gasteiger partial charge in [0, 0.05) is 30.1 Å². The molecule has 2 fully saturated rings. The lowest BCUT2D eigenvalue weighted by atomic mass is 9.92. The van der Waals surface area contributed by atoms with Crippen molar-refractivity contribution in [2.75, 3.05) is 20.1 Å². The topological polar surface area (TPSA) is 52.7 Å². The van der Waals surface area contributed by atoms with Crippen molar-refractivity contribution in [2.24, 2.45) is 5.92 Å². The van der Waals surface area contributed by atoms with E-state index in [1.807, 2.05) is 50.1 Å². The summed E-state index contributed by atoms with van der Waals surface area (Å²) < 4.78 is 0. The van der Waals surface area contributed by atoms with E-state index in [1.165, 1.54) is 19.3 Å². The molecule has 2 aliphatic rings. The van der Waals surface area contributed by atoms with Crippen LogP contribution in [0.15, 0.2) is 24.3 Å². The van der Waals surface area contributed by atoms with Crippen LogP contribution in [0.2, 0.25) is 5.02 Å². The van der Waals surface area contributed by atoms with Gasteiger partial charge >= 0.3 is 0 Å². The average molecular weight is 434 g/mol. The summed E-state index contributed by atoms with van der Waals surface area (Å²) in [6.45, 7) is 5.34. The molecule has 1 aliphatic heterocycles. The van der Waals surface area contributed by atoms with Crippen LogP contribution in [0.4, 0.5) is 0 Å². The molecule has 1 saturated heterocycles. The van der Waals surface area contributed by atoms with Gasteiger partial charge in [0.1, 0.15) is 0 Å². The molecule has 2 unspecified atom stereocenters. The fourth-order valence-corrected chi connectivity index (χ4v) is 5.00. The number of carbonyl (C=O) groups excluding carboxylic acids is 2. The molecule has 6 heteroatoms. The van der Waals surface area contributed by atoms with Crippen molar-refractivity contribution in [3.63, 3.8) is 0 Å². The van der Waals surface area contributed by atoms with Gasteiger partial charge in [0.15, 0.2) is 0 Å². The molecule has 5 nitrogen and oxygen atoms in total. The van der Waals surface area contributed by atoms with Gasteiger partial charge in [0.2, 0.25) is 11.8 Å². The van der Waals surface area contributed by atoms with Crippen molar-refractivity contribution in [1.29, 1.82) is 0 Å². The van der Waals surface area contributed by atoms with Gasteiger partial charge in [0.25, 0.3) is 0 Å². The third-order valence-corrected chi connectivity index (χ3v) is 6.84. The summed E-state index contributed by atoms with van der Waals surface area (Å²) in [4.78, 5) is 30.4. The summed E-state index contributed by atoms with van der Waals surface area (Å²) in [5.74, 6) is 0.356. The highest BCUT2D eigenvalue weighted by atomic mass is 35.5. The van der Waals surface area contributed by atoms with E-state index in [0.717, 1.165) is 31.4 Å². The van der Waals surface area contributed by atoms with Crippen LogP contribution in [-0.4, -0.2) is 59.9 Å². The molecular formula is C24H36ClN3O2. The highest BCUT2D eigenvalue weighted by Crippen LogP contribution is 2.29. The number of amides is 2. The predicted octanol–water partition coefficient (Wildman–Crippen LogP) is 3.89. The average Bonchev–Trinajstić information content (AvgIpc) is 3.23. The van der Waals surface area contributed by atoms with E-state index in [1.54, 1.807) is 0 Å². The van der Waals surface area contributed by atoms with E-state index >= 15 is 0 Å². The van der Waals surface area contributed by atoms with Crippen LogP contribution in [-0.2, 0) is 16.0 Å². The molecule has 2 atom stereocenters. The normalized spacial score (nSPS) is 21.1. The SMILES string of the molecule is CNC(Cc1ccc(Cl)cc1)C(=O)N1CCC(N(C(=O)C(C)C)C2CCCCC2)C1. The van der Waals surface area contributed by atoms with Crippen LogP contribution < -0.4 is 5.32 Å². The first-order valence-electron chi connectivity index (χ1n) is 11.4. The molecule has 30 heavy (non-hydrogen) atoms. The van der Waals surface area contributed by atoms with E-state index in [2.05, 4.69) is 10.2 Å². The number of carbonyl (C=O) groups is 2. The van der Waals surface area contributed by atoms with Crippen LogP contribution in [0.1, 0.15) is 57.9 Å².